The molecule has 1 nitrogen and oxygen atoms in total. The van der Waals surface area contributed by atoms with E-state index >= 15 is 0 Å². The van der Waals surface area contributed by atoms with Crippen molar-refractivity contribution in [3.05, 3.63) is 33.8 Å². The van der Waals surface area contributed by atoms with E-state index in [1.807, 2.05) is 13.0 Å². The third-order valence-corrected chi connectivity index (χ3v) is 3.28. The Morgan fingerprint density at radius 1 is 1.28 bits per heavy atom. The molecule has 18 heavy (non-hydrogen) atoms. The van der Waals surface area contributed by atoms with E-state index in [1.54, 1.807) is 12.1 Å². The topological polar surface area (TPSA) is 12.0 Å². The molecule has 0 radical (unpaired) electrons. The Morgan fingerprint density at radius 3 is 2.56 bits per heavy atom. The minimum atomic E-state index is -4.17. The van der Waals surface area contributed by atoms with Crippen LogP contribution in [0.1, 0.15) is 12.5 Å². The Bertz CT molecular complexity index is 393. The van der Waals surface area contributed by atoms with Gasteiger partial charge in [-0.15, -0.1) is 0 Å². The standard InChI is InChI=1S/C12H14Cl2F3N/c1-8(6-18-7-12(15,16)17)5-9-3-2-4-10(13)11(9)14/h2-4,8,18H,5-7H2,1H3. The van der Waals surface area contributed by atoms with Gasteiger partial charge in [0.15, 0.2) is 0 Å². The lowest BCUT2D eigenvalue weighted by molar-refractivity contribution is -0.125. The summed E-state index contributed by atoms with van der Waals surface area (Å²) in [5, 5.41) is 3.31. The van der Waals surface area contributed by atoms with E-state index in [0.717, 1.165) is 5.56 Å². The minimum Gasteiger partial charge on any atom is -0.308 e. The Kier molecular flexibility index (Phi) is 5.76. The van der Waals surface area contributed by atoms with Crippen molar-refractivity contribution in [2.24, 2.45) is 5.92 Å². The van der Waals surface area contributed by atoms with Gasteiger partial charge in [-0.05, 0) is 30.5 Å². The number of benzene rings is 1. The minimum absolute atomic E-state index is 0.0447. The van der Waals surface area contributed by atoms with Crippen molar-refractivity contribution in [3.63, 3.8) is 0 Å². The lowest BCUT2D eigenvalue weighted by Gasteiger charge is -2.15. The van der Waals surface area contributed by atoms with E-state index in [-0.39, 0.29) is 12.5 Å². The zero-order valence-electron chi connectivity index (χ0n) is 9.82. The number of hydrogen-bond donors (Lipinski definition) is 1. The van der Waals surface area contributed by atoms with E-state index in [1.165, 1.54) is 0 Å². The molecule has 0 aliphatic heterocycles. The molecule has 0 fully saturated rings. The molecule has 1 rings (SSSR count). The highest BCUT2D eigenvalue weighted by Gasteiger charge is 2.26. The average Bonchev–Trinajstić information content (AvgIpc) is 2.23. The highest BCUT2D eigenvalue weighted by atomic mass is 35.5. The summed E-state index contributed by atoms with van der Waals surface area (Å²) in [4.78, 5) is 0. The number of hydrogen-bond acceptors (Lipinski definition) is 1. The van der Waals surface area contributed by atoms with E-state index in [0.29, 0.717) is 16.5 Å². The number of alkyl halides is 3. The van der Waals surface area contributed by atoms with Gasteiger partial charge in [0.25, 0.3) is 0 Å². The highest BCUT2D eigenvalue weighted by molar-refractivity contribution is 6.42. The SMILES string of the molecule is CC(CNCC(F)(F)F)Cc1cccc(Cl)c1Cl. The Morgan fingerprint density at radius 2 is 1.94 bits per heavy atom. The second-order valence-corrected chi connectivity index (χ2v) is 5.05. The van der Waals surface area contributed by atoms with Crippen molar-refractivity contribution in [2.45, 2.75) is 19.5 Å². The molecule has 0 aliphatic rings. The maximum Gasteiger partial charge on any atom is 0.401 e. The van der Waals surface area contributed by atoms with Gasteiger partial charge in [-0.25, -0.2) is 0 Å². The van der Waals surface area contributed by atoms with Crippen LogP contribution >= 0.6 is 23.2 Å². The molecule has 0 saturated carbocycles. The fraction of sp³-hybridized carbons (Fsp3) is 0.500. The van der Waals surface area contributed by atoms with Gasteiger partial charge in [0, 0.05) is 0 Å². The second-order valence-electron chi connectivity index (χ2n) is 4.27. The Hall–Kier alpha value is -0.450. The van der Waals surface area contributed by atoms with Crippen LogP contribution in [0.5, 0.6) is 0 Å². The molecule has 1 unspecified atom stereocenters. The van der Waals surface area contributed by atoms with Crippen molar-refractivity contribution in [3.8, 4) is 0 Å². The van der Waals surface area contributed by atoms with Crippen molar-refractivity contribution in [1.29, 1.82) is 0 Å². The van der Waals surface area contributed by atoms with Crippen LogP contribution in [-0.2, 0) is 6.42 Å². The highest BCUT2D eigenvalue weighted by Crippen LogP contribution is 2.27. The van der Waals surface area contributed by atoms with Crippen LogP contribution in [0.3, 0.4) is 0 Å². The third-order valence-electron chi connectivity index (χ3n) is 2.42. The van der Waals surface area contributed by atoms with E-state index < -0.39 is 12.7 Å². The van der Waals surface area contributed by atoms with Crippen LogP contribution in [-0.4, -0.2) is 19.3 Å². The fourth-order valence-corrected chi connectivity index (χ4v) is 2.01. The molecule has 1 aromatic carbocycles. The molecule has 0 bridgehead atoms. The van der Waals surface area contributed by atoms with Crippen LogP contribution in [0.15, 0.2) is 18.2 Å². The van der Waals surface area contributed by atoms with E-state index in [9.17, 15) is 13.2 Å². The molecule has 1 aromatic rings. The number of rotatable bonds is 5. The molecule has 0 spiro atoms. The van der Waals surface area contributed by atoms with E-state index in [2.05, 4.69) is 5.32 Å². The van der Waals surface area contributed by atoms with Crippen molar-refractivity contribution in [1.82, 2.24) is 5.32 Å². The molecule has 102 valence electrons. The monoisotopic (exact) mass is 299 g/mol. The first-order valence-corrected chi connectivity index (χ1v) is 6.25. The summed E-state index contributed by atoms with van der Waals surface area (Å²) in [5.41, 5.74) is 0.852. The summed E-state index contributed by atoms with van der Waals surface area (Å²) in [7, 11) is 0. The predicted octanol–water partition coefficient (Wildman–Crippen LogP) is 4.32. The van der Waals surface area contributed by atoms with Gasteiger partial charge >= 0.3 is 6.18 Å². The van der Waals surface area contributed by atoms with Crippen LogP contribution < -0.4 is 5.32 Å². The predicted molar refractivity (Wildman–Crippen MR) is 68.3 cm³/mol. The van der Waals surface area contributed by atoms with Gasteiger partial charge in [0.2, 0.25) is 0 Å². The molecule has 1 N–H and O–H groups in total. The first-order valence-electron chi connectivity index (χ1n) is 5.50. The number of halogens is 5. The lowest BCUT2D eigenvalue weighted by atomic mass is 10.0. The van der Waals surface area contributed by atoms with Gasteiger partial charge in [-0.3, -0.25) is 0 Å². The summed E-state index contributed by atoms with van der Waals surface area (Å²) < 4.78 is 35.8. The normalized spacial score (nSPS) is 13.7. The molecular weight excluding hydrogens is 286 g/mol. The van der Waals surface area contributed by atoms with Crippen molar-refractivity contribution in [2.75, 3.05) is 13.1 Å². The Balaban J connectivity index is 2.45. The van der Waals surface area contributed by atoms with Crippen LogP contribution in [0.4, 0.5) is 13.2 Å². The van der Waals surface area contributed by atoms with Gasteiger partial charge in [0.05, 0.1) is 16.6 Å². The van der Waals surface area contributed by atoms with Crippen molar-refractivity contribution >= 4 is 23.2 Å². The molecule has 0 aliphatic carbocycles. The smallest absolute Gasteiger partial charge is 0.308 e. The zero-order chi connectivity index (χ0) is 13.8. The first-order chi connectivity index (χ1) is 8.29. The molecule has 0 amide bonds. The molecule has 1 atom stereocenters. The summed E-state index contributed by atoms with van der Waals surface area (Å²) >= 11 is 11.9. The summed E-state index contributed by atoms with van der Waals surface area (Å²) in [6, 6.07) is 5.29. The summed E-state index contributed by atoms with van der Waals surface area (Å²) in [6.07, 6.45) is -3.59. The zero-order valence-corrected chi connectivity index (χ0v) is 11.3. The number of nitrogens with one attached hydrogen (secondary N) is 1. The molecule has 0 aromatic heterocycles. The molecular formula is C12H14Cl2F3N. The van der Waals surface area contributed by atoms with Gasteiger partial charge in [0.1, 0.15) is 0 Å². The summed E-state index contributed by atoms with van der Waals surface area (Å²) in [5.74, 6) is 0.0447. The molecule has 0 heterocycles. The summed E-state index contributed by atoms with van der Waals surface area (Å²) in [6.45, 7) is 1.17. The largest absolute Gasteiger partial charge is 0.401 e. The van der Waals surface area contributed by atoms with Gasteiger partial charge in [-0.1, -0.05) is 42.3 Å². The third kappa shape index (κ3) is 5.46. The van der Waals surface area contributed by atoms with Gasteiger partial charge in [-0.2, -0.15) is 13.2 Å². The quantitative estimate of drug-likeness (QED) is 0.853. The average molecular weight is 300 g/mol. The van der Waals surface area contributed by atoms with Crippen LogP contribution in [0, 0.1) is 5.92 Å². The first kappa shape index (κ1) is 15.6. The van der Waals surface area contributed by atoms with Gasteiger partial charge < -0.3 is 5.32 Å². The van der Waals surface area contributed by atoms with Crippen molar-refractivity contribution < 1.29 is 13.2 Å². The second kappa shape index (κ2) is 6.64. The lowest BCUT2D eigenvalue weighted by Crippen LogP contribution is -2.32. The maximum atomic E-state index is 11.9. The maximum absolute atomic E-state index is 11.9. The molecule has 6 heteroatoms. The fourth-order valence-electron chi connectivity index (χ4n) is 1.61. The Labute approximate surface area is 114 Å². The van der Waals surface area contributed by atoms with Crippen LogP contribution in [0.25, 0.3) is 0 Å². The van der Waals surface area contributed by atoms with Crippen LogP contribution in [0.2, 0.25) is 10.0 Å². The molecule has 0 saturated heterocycles. The van der Waals surface area contributed by atoms with E-state index in [4.69, 9.17) is 23.2 Å².